The van der Waals surface area contributed by atoms with E-state index in [2.05, 4.69) is 20.8 Å². The van der Waals surface area contributed by atoms with Crippen LogP contribution in [0.5, 0.6) is 5.75 Å². The van der Waals surface area contributed by atoms with Gasteiger partial charge in [-0.1, -0.05) is 71.6 Å². The second-order valence-electron chi connectivity index (χ2n) is 7.08. The Labute approximate surface area is 199 Å². The number of carbonyl (C=O) groups excluding carboxylic acids is 1. The van der Waals surface area contributed by atoms with Crippen molar-refractivity contribution in [1.29, 1.82) is 0 Å². The van der Waals surface area contributed by atoms with Crippen molar-refractivity contribution in [3.63, 3.8) is 0 Å². The molecule has 33 heavy (non-hydrogen) atoms. The van der Waals surface area contributed by atoms with Gasteiger partial charge in [-0.3, -0.25) is 4.79 Å². The lowest BCUT2D eigenvalue weighted by Crippen LogP contribution is -2.19. The number of methoxy groups -OCH3 is 1. The third-order valence-electron chi connectivity index (χ3n) is 4.69. The Morgan fingerprint density at radius 1 is 1.03 bits per heavy atom. The largest absolute Gasteiger partial charge is 0.495 e. The van der Waals surface area contributed by atoms with Gasteiger partial charge in [0.2, 0.25) is 11.0 Å². The lowest BCUT2D eigenvalue weighted by atomic mass is 10.1. The van der Waals surface area contributed by atoms with E-state index in [0.29, 0.717) is 26.6 Å². The van der Waals surface area contributed by atoms with Crippen molar-refractivity contribution in [3.05, 3.63) is 89.7 Å². The van der Waals surface area contributed by atoms with Crippen molar-refractivity contribution in [2.45, 2.75) is 16.5 Å². The SMILES string of the molecule is COc1ccc(C)cc1NC(=O)[C@@H](Sc1nnc(Nc2ccccc2F)s1)c1ccccc1. The van der Waals surface area contributed by atoms with Crippen LogP contribution in [0.4, 0.5) is 20.9 Å². The second-order valence-corrected chi connectivity index (χ2v) is 9.41. The summed E-state index contributed by atoms with van der Waals surface area (Å²) >= 11 is 2.53. The number of nitrogens with zero attached hydrogens (tertiary/aromatic N) is 2. The maximum Gasteiger partial charge on any atom is 0.242 e. The number of anilines is 3. The molecule has 0 aliphatic rings. The first-order chi connectivity index (χ1) is 16.0. The first-order valence-electron chi connectivity index (χ1n) is 10.1. The van der Waals surface area contributed by atoms with Crippen LogP contribution < -0.4 is 15.4 Å². The molecule has 0 saturated carbocycles. The van der Waals surface area contributed by atoms with Gasteiger partial charge in [0.25, 0.3) is 0 Å². The summed E-state index contributed by atoms with van der Waals surface area (Å²) in [6.45, 7) is 1.95. The molecule has 0 bridgehead atoms. The van der Waals surface area contributed by atoms with Crippen molar-refractivity contribution >= 4 is 45.5 Å². The van der Waals surface area contributed by atoms with Crippen molar-refractivity contribution in [1.82, 2.24) is 10.2 Å². The molecule has 9 heteroatoms. The summed E-state index contributed by atoms with van der Waals surface area (Å²) in [7, 11) is 1.56. The predicted octanol–water partition coefficient (Wildman–Crippen LogP) is 6.21. The summed E-state index contributed by atoms with van der Waals surface area (Å²) in [6, 6.07) is 21.4. The van der Waals surface area contributed by atoms with Gasteiger partial charge in [0, 0.05) is 0 Å². The highest BCUT2D eigenvalue weighted by Crippen LogP contribution is 2.39. The number of hydrogen-bond donors (Lipinski definition) is 2. The average Bonchev–Trinajstić information content (AvgIpc) is 3.27. The summed E-state index contributed by atoms with van der Waals surface area (Å²) in [5.41, 5.74) is 2.74. The molecule has 2 N–H and O–H groups in total. The fourth-order valence-electron chi connectivity index (χ4n) is 3.11. The molecule has 0 aliphatic heterocycles. The first-order valence-corrected chi connectivity index (χ1v) is 11.8. The molecule has 0 fully saturated rings. The molecule has 0 radical (unpaired) electrons. The molecule has 3 aromatic carbocycles. The highest BCUT2D eigenvalue weighted by Gasteiger charge is 2.25. The number of ether oxygens (including phenoxy) is 1. The van der Waals surface area contributed by atoms with Gasteiger partial charge in [-0.05, 0) is 42.3 Å². The van der Waals surface area contributed by atoms with Gasteiger partial charge in [-0.25, -0.2) is 4.39 Å². The van der Waals surface area contributed by atoms with Gasteiger partial charge in [0.1, 0.15) is 16.8 Å². The summed E-state index contributed by atoms with van der Waals surface area (Å²) in [4.78, 5) is 13.3. The number of aryl methyl sites for hydroxylation is 1. The first kappa shape index (κ1) is 22.8. The number of carbonyl (C=O) groups is 1. The van der Waals surface area contributed by atoms with E-state index < -0.39 is 5.25 Å². The number of halogens is 1. The standard InChI is InChI=1S/C24H21FN4O2S2/c1-15-12-13-20(31-2)19(14-15)26-22(30)21(16-8-4-3-5-9-16)32-24-29-28-23(33-24)27-18-11-7-6-10-17(18)25/h3-14,21H,1-2H3,(H,26,30)(H,27,28)/t21-/m0/s1. The third kappa shape index (κ3) is 5.68. The van der Waals surface area contributed by atoms with Crippen molar-refractivity contribution < 1.29 is 13.9 Å². The minimum Gasteiger partial charge on any atom is -0.495 e. The Kier molecular flexibility index (Phi) is 7.21. The van der Waals surface area contributed by atoms with Gasteiger partial charge < -0.3 is 15.4 Å². The molecule has 1 heterocycles. The zero-order valence-corrected chi connectivity index (χ0v) is 19.5. The van der Waals surface area contributed by atoms with Crippen LogP contribution in [-0.4, -0.2) is 23.2 Å². The smallest absolute Gasteiger partial charge is 0.242 e. The summed E-state index contributed by atoms with van der Waals surface area (Å²) in [6.07, 6.45) is 0. The fourth-order valence-corrected chi connectivity index (χ4v) is 5.06. The number of amides is 1. The molecular weight excluding hydrogens is 459 g/mol. The molecule has 0 unspecified atom stereocenters. The molecule has 6 nitrogen and oxygen atoms in total. The second kappa shape index (κ2) is 10.5. The number of aromatic nitrogens is 2. The van der Waals surface area contributed by atoms with Crippen LogP contribution in [0.15, 0.2) is 77.1 Å². The summed E-state index contributed by atoms with van der Waals surface area (Å²) < 4.78 is 19.9. The molecule has 1 atom stereocenters. The lowest BCUT2D eigenvalue weighted by molar-refractivity contribution is -0.115. The van der Waals surface area contributed by atoms with E-state index in [1.54, 1.807) is 25.3 Å². The van der Waals surface area contributed by atoms with Crippen LogP contribution >= 0.6 is 23.1 Å². The Hall–Kier alpha value is -3.43. The van der Waals surface area contributed by atoms with Crippen LogP contribution in [0.25, 0.3) is 0 Å². The molecular formula is C24H21FN4O2S2. The average molecular weight is 481 g/mol. The van der Waals surface area contributed by atoms with Crippen LogP contribution in [0.1, 0.15) is 16.4 Å². The van der Waals surface area contributed by atoms with Crippen LogP contribution in [0.2, 0.25) is 0 Å². The number of rotatable bonds is 8. The number of thioether (sulfide) groups is 1. The van der Waals surface area contributed by atoms with Gasteiger partial charge >= 0.3 is 0 Å². The number of benzene rings is 3. The highest BCUT2D eigenvalue weighted by molar-refractivity contribution is 8.02. The predicted molar refractivity (Wildman–Crippen MR) is 131 cm³/mol. The summed E-state index contributed by atoms with van der Waals surface area (Å²) in [5, 5.41) is 14.1. The van der Waals surface area contributed by atoms with Crippen molar-refractivity contribution in [2.24, 2.45) is 0 Å². The number of nitrogens with one attached hydrogen (secondary N) is 2. The highest BCUT2D eigenvalue weighted by atomic mass is 32.2. The Morgan fingerprint density at radius 2 is 1.79 bits per heavy atom. The van der Waals surface area contributed by atoms with Crippen molar-refractivity contribution in [2.75, 3.05) is 17.7 Å². The molecule has 4 aromatic rings. The minimum absolute atomic E-state index is 0.214. The molecule has 0 spiro atoms. The maximum absolute atomic E-state index is 13.9. The third-order valence-corrected chi connectivity index (χ3v) is 6.87. The van der Waals surface area contributed by atoms with E-state index in [0.717, 1.165) is 11.1 Å². The Bertz CT molecular complexity index is 1250. The van der Waals surface area contributed by atoms with Gasteiger partial charge in [0.15, 0.2) is 4.34 Å². The molecule has 0 saturated heterocycles. The van der Waals surface area contributed by atoms with Crippen LogP contribution in [0.3, 0.4) is 0 Å². The van der Waals surface area contributed by atoms with E-state index in [1.807, 2.05) is 55.5 Å². The molecule has 0 aliphatic carbocycles. The molecule has 4 rings (SSSR count). The monoisotopic (exact) mass is 480 g/mol. The van der Waals surface area contributed by atoms with Gasteiger partial charge in [-0.15, -0.1) is 10.2 Å². The molecule has 1 amide bonds. The van der Waals surface area contributed by atoms with Crippen molar-refractivity contribution in [3.8, 4) is 5.75 Å². The molecule has 1 aromatic heterocycles. The maximum atomic E-state index is 13.9. The van der Waals surface area contributed by atoms with Gasteiger partial charge in [-0.2, -0.15) is 0 Å². The molecule has 168 valence electrons. The zero-order chi connectivity index (χ0) is 23.2. The Balaban J connectivity index is 1.56. The van der Waals surface area contributed by atoms with E-state index in [9.17, 15) is 9.18 Å². The van der Waals surface area contributed by atoms with E-state index in [-0.39, 0.29) is 11.7 Å². The Morgan fingerprint density at radius 3 is 2.55 bits per heavy atom. The normalized spacial score (nSPS) is 11.6. The minimum atomic E-state index is -0.578. The lowest BCUT2D eigenvalue weighted by Gasteiger charge is -2.17. The number of para-hydroxylation sites is 1. The van der Waals surface area contributed by atoms with Crippen LogP contribution in [0, 0.1) is 12.7 Å². The fraction of sp³-hybridized carbons (Fsp3) is 0.125. The summed E-state index contributed by atoms with van der Waals surface area (Å²) in [5.74, 6) is -0.0116. The quantitative estimate of drug-likeness (QED) is 0.292. The van der Waals surface area contributed by atoms with E-state index >= 15 is 0 Å². The van der Waals surface area contributed by atoms with Crippen LogP contribution in [-0.2, 0) is 4.79 Å². The zero-order valence-electron chi connectivity index (χ0n) is 17.9. The number of hydrogen-bond acceptors (Lipinski definition) is 7. The van der Waals surface area contributed by atoms with E-state index in [1.165, 1.54) is 29.2 Å². The topological polar surface area (TPSA) is 76.1 Å². The van der Waals surface area contributed by atoms with Gasteiger partial charge in [0.05, 0.1) is 18.5 Å². The van der Waals surface area contributed by atoms with E-state index in [4.69, 9.17) is 4.74 Å².